The normalized spacial score (nSPS) is 9.45. The maximum atomic E-state index is 10.5. The van der Waals surface area contributed by atoms with Crippen molar-refractivity contribution in [3.8, 4) is 17.6 Å². The molecule has 0 aliphatic rings. The quantitative estimate of drug-likeness (QED) is 0.869. The van der Waals surface area contributed by atoms with Crippen molar-refractivity contribution >= 4 is 5.97 Å². The number of benzene rings is 2. The maximum Gasteiger partial charge on any atom is 0.341 e. The number of carboxylic acid groups (broad SMARTS) is 1. The number of hydrogen-bond acceptors (Lipinski definition) is 2. The smallest absolute Gasteiger partial charge is 0.341 e. The summed E-state index contributed by atoms with van der Waals surface area (Å²) in [6, 6.07) is 15.0. The number of aliphatic carboxylic acids is 1. The number of aryl methyl sites for hydroxylation is 1. The van der Waals surface area contributed by atoms with Gasteiger partial charge in [0.1, 0.15) is 5.75 Å². The molecule has 0 bridgehead atoms. The van der Waals surface area contributed by atoms with Crippen molar-refractivity contribution in [2.75, 3.05) is 6.61 Å². The summed E-state index contributed by atoms with van der Waals surface area (Å²) in [6.07, 6.45) is 0. The Morgan fingerprint density at radius 3 is 2.50 bits per heavy atom. The predicted molar refractivity (Wildman–Crippen MR) is 76.7 cm³/mol. The van der Waals surface area contributed by atoms with Crippen molar-refractivity contribution in [1.82, 2.24) is 0 Å². The Kier molecular flexibility index (Phi) is 4.41. The summed E-state index contributed by atoms with van der Waals surface area (Å²) < 4.78 is 5.20. The van der Waals surface area contributed by atoms with Gasteiger partial charge in [0.25, 0.3) is 0 Å². The maximum absolute atomic E-state index is 10.5. The van der Waals surface area contributed by atoms with Gasteiger partial charge in [-0.3, -0.25) is 0 Å². The van der Waals surface area contributed by atoms with Gasteiger partial charge in [0.15, 0.2) is 6.61 Å². The second-order valence-electron chi connectivity index (χ2n) is 4.29. The minimum atomic E-state index is -1.01. The van der Waals surface area contributed by atoms with Gasteiger partial charge in [0.05, 0.1) is 5.56 Å². The van der Waals surface area contributed by atoms with E-state index in [2.05, 4.69) is 11.8 Å². The lowest BCUT2D eigenvalue weighted by atomic mass is 10.1. The lowest BCUT2D eigenvalue weighted by Crippen LogP contribution is -2.10. The molecule has 0 saturated heterocycles. The molecule has 0 fully saturated rings. The molecule has 0 amide bonds. The van der Waals surface area contributed by atoms with Crippen LogP contribution in [-0.2, 0) is 4.79 Å². The summed E-state index contributed by atoms with van der Waals surface area (Å²) in [5.74, 6) is 5.52. The summed E-state index contributed by atoms with van der Waals surface area (Å²) in [5.41, 5.74) is 2.76. The van der Waals surface area contributed by atoms with Crippen molar-refractivity contribution in [2.45, 2.75) is 6.92 Å². The Balaban J connectivity index is 2.21. The monoisotopic (exact) mass is 266 g/mol. The van der Waals surface area contributed by atoms with E-state index in [1.807, 2.05) is 37.3 Å². The predicted octanol–water partition coefficient (Wildman–Crippen LogP) is 2.86. The first-order chi connectivity index (χ1) is 9.65. The van der Waals surface area contributed by atoms with Crippen LogP contribution in [0.15, 0.2) is 48.5 Å². The Morgan fingerprint density at radius 1 is 1.10 bits per heavy atom. The molecule has 3 heteroatoms. The molecule has 0 spiro atoms. The molecule has 0 unspecified atom stereocenters. The van der Waals surface area contributed by atoms with Crippen LogP contribution in [0, 0.1) is 18.8 Å². The zero-order valence-corrected chi connectivity index (χ0v) is 11.1. The van der Waals surface area contributed by atoms with E-state index >= 15 is 0 Å². The highest BCUT2D eigenvalue weighted by atomic mass is 16.5. The number of carbonyl (C=O) groups is 1. The molecule has 1 N–H and O–H groups in total. The zero-order chi connectivity index (χ0) is 14.4. The van der Waals surface area contributed by atoms with E-state index in [9.17, 15) is 4.79 Å². The fraction of sp³-hybridized carbons (Fsp3) is 0.118. The first-order valence-corrected chi connectivity index (χ1v) is 6.17. The highest BCUT2D eigenvalue weighted by Gasteiger charge is 2.02. The molecule has 0 radical (unpaired) electrons. The van der Waals surface area contributed by atoms with Gasteiger partial charge in [-0.1, -0.05) is 41.7 Å². The van der Waals surface area contributed by atoms with Gasteiger partial charge in [0, 0.05) is 5.56 Å². The van der Waals surface area contributed by atoms with Crippen LogP contribution in [0.4, 0.5) is 0 Å². The van der Waals surface area contributed by atoms with E-state index in [-0.39, 0.29) is 6.61 Å². The molecule has 2 rings (SSSR count). The molecule has 0 atom stereocenters. The molecule has 2 aromatic carbocycles. The van der Waals surface area contributed by atoms with Gasteiger partial charge in [-0.25, -0.2) is 4.79 Å². The number of carboxylic acids is 1. The molecule has 0 aromatic heterocycles. The van der Waals surface area contributed by atoms with E-state index < -0.39 is 5.97 Å². The van der Waals surface area contributed by atoms with Crippen molar-refractivity contribution in [2.24, 2.45) is 0 Å². The van der Waals surface area contributed by atoms with E-state index in [1.165, 1.54) is 5.56 Å². The Bertz CT molecular complexity index is 661. The average Bonchev–Trinajstić information content (AvgIpc) is 2.45. The average molecular weight is 266 g/mol. The van der Waals surface area contributed by atoms with Crippen molar-refractivity contribution < 1.29 is 14.6 Å². The number of para-hydroxylation sites is 1. The van der Waals surface area contributed by atoms with Gasteiger partial charge in [0.2, 0.25) is 0 Å². The Morgan fingerprint density at radius 2 is 1.80 bits per heavy atom. The third kappa shape index (κ3) is 3.89. The molecule has 3 nitrogen and oxygen atoms in total. The van der Waals surface area contributed by atoms with Crippen LogP contribution in [0.3, 0.4) is 0 Å². The van der Waals surface area contributed by atoms with E-state index in [0.29, 0.717) is 11.3 Å². The van der Waals surface area contributed by atoms with Crippen molar-refractivity contribution in [3.63, 3.8) is 0 Å². The summed E-state index contributed by atoms with van der Waals surface area (Å²) in [5, 5.41) is 8.64. The van der Waals surface area contributed by atoms with Gasteiger partial charge in [-0.05, 0) is 31.2 Å². The lowest BCUT2D eigenvalue weighted by Gasteiger charge is -2.04. The van der Waals surface area contributed by atoms with E-state index in [1.54, 1.807) is 18.2 Å². The summed E-state index contributed by atoms with van der Waals surface area (Å²) in [4.78, 5) is 10.5. The standard InChI is InChI=1S/C17H14O3/c1-13-6-8-14(9-7-13)10-11-15-4-2-3-5-16(15)20-12-17(18)19/h2-9H,12H2,1H3,(H,18,19). The van der Waals surface area contributed by atoms with Crippen molar-refractivity contribution in [3.05, 3.63) is 65.2 Å². The second-order valence-corrected chi connectivity index (χ2v) is 4.29. The summed E-state index contributed by atoms with van der Waals surface area (Å²) in [7, 11) is 0. The number of hydrogen-bond donors (Lipinski definition) is 1. The molecular weight excluding hydrogens is 252 g/mol. The molecular formula is C17H14O3. The van der Waals surface area contributed by atoms with Crippen LogP contribution in [0.2, 0.25) is 0 Å². The zero-order valence-electron chi connectivity index (χ0n) is 11.1. The topological polar surface area (TPSA) is 46.5 Å². The van der Waals surface area contributed by atoms with Crippen molar-refractivity contribution in [1.29, 1.82) is 0 Å². The first-order valence-electron chi connectivity index (χ1n) is 6.17. The lowest BCUT2D eigenvalue weighted by molar-refractivity contribution is -0.139. The third-order valence-corrected chi connectivity index (χ3v) is 2.63. The SMILES string of the molecule is Cc1ccc(C#Cc2ccccc2OCC(=O)O)cc1. The van der Waals surface area contributed by atoms with Gasteiger partial charge < -0.3 is 9.84 Å². The molecule has 20 heavy (non-hydrogen) atoms. The second kappa shape index (κ2) is 6.44. The molecule has 0 aliphatic heterocycles. The Hall–Kier alpha value is -2.73. The van der Waals surface area contributed by atoms with Crippen LogP contribution < -0.4 is 4.74 Å². The minimum absolute atomic E-state index is 0.372. The molecule has 0 aliphatic carbocycles. The van der Waals surface area contributed by atoms with Crippen LogP contribution in [0.25, 0.3) is 0 Å². The fourth-order valence-electron chi connectivity index (χ4n) is 1.61. The van der Waals surface area contributed by atoms with Crippen LogP contribution in [0.5, 0.6) is 5.75 Å². The fourth-order valence-corrected chi connectivity index (χ4v) is 1.61. The van der Waals surface area contributed by atoms with E-state index in [4.69, 9.17) is 9.84 Å². The number of ether oxygens (including phenoxy) is 1. The first kappa shape index (κ1) is 13.7. The van der Waals surface area contributed by atoms with Gasteiger partial charge in [-0.15, -0.1) is 0 Å². The van der Waals surface area contributed by atoms with Crippen LogP contribution in [0.1, 0.15) is 16.7 Å². The molecule has 100 valence electrons. The Labute approximate surface area is 117 Å². The molecule has 0 saturated carbocycles. The summed E-state index contributed by atoms with van der Waals surface area (Å²) >= 11 is 0. The van der Waals surface area contributed by atoms with E-state index in [0.717, 1.165) is 5.56 Å². The van der Waals surface area contributed by atoms with Crippen LogP contribution >= 0.6 is 0 Å². The highest BCUT2D eigenvalue weighted by molar-refractivity contribution is 5.68. The van der Waals surface area contributed by atoms with Gasteiger partial charge in [-0.2, -0.15) is 0 Å². The molecule has 2 aromatic rings. The van der Waals surface area contributed by atoms with Crippen LogP contribution in [-0.4, -0.2) is 17.7 Å². The highest BCUT2D eigenvalue weighted by Crippen LogP contribution is 2.16. The third-order valence-electron chi connectivity index (χ3n) is 2.63. The largest absolute Gasteiger partial charge is 0.481 e. The number of rotatable bonds is 3. The summed E-state index contributed by atoms with van der Waals surface area (Å²) in [6.45, 7) is 1.65. The van der Waals surface area contributed by atoms with Gasteiger partial charge >= 0.3 is 5.97 Å². The minimum Gasteiger partial charge on any atom is -0.481 e. The molecule has 0 heterocycles.